The number of hydrogen-bond acceptors (Lipinski definition) is 5. The van der Waals surface area contributed by atoms with E-state index in [1.165, 1.54) is 18.4 Å². The van der Waals surface area contributed by atoms with Crippen molar-refractivity contribution in [2.24, 2.45) is 0 Å². The van der Waals surface area contributed by atoms with Gasteiger partial charge in [-0.25, -0.2) is 0 Å². The van der Waals surface area contributed by atoms with Crippen LogP contribution in [0, 0.1) is 0 Å². The van der Waals surface area contributed by atoms with Gasteiger partial charge in [-0.15, -0.1) is 0 Å². The van der Waals surface area contributed by atoms with Crippen LogP contribution >= 0.6 is 11.8 Å². The molecule has 5 nitrogen and oxygen atoms in total. The maximum atomic E-state index is 12.5. The van der Waals surface area contributed by atoms with Crippen LogP contribution in [0.25, 0.3) is 16.8 Å². The highest BCUT2D eigenvalue weighted by Crippen LogP contribution is 2.34. The zero-order valence-electron chi connectivity index (χ0n) is 12.8. The van der Waals surface area contributed by atoms with E-state index in [2.05, 4.69) is 0 Å². The molecule has 0 atom stereocenters. The Hall–Kier alpha value is -3.12. The van der Waals surface area contributed by atoms with Crippen molar-refractivity contribution in [3.8, 4) is 0 Å². The first-order chi connectivity index (χ1) is 12.1. The van der Waals surface area contributed by atoms with Gasteiger partial charge in [0.1, 0.15) is 0 Å². The molecule has 1 saturated heterocycles. The molecule has 0 unspecified atom stereocenters. The van der Waals surface area contributed by atoms with Crippen molar-refractivity contribution in [1.82, 2.24) is 4.90 Å². The summed E-state index contributed by atoms with van der Waals surface area (Å²) < 4.78 is 4.99. The molecule has 0 spiro atoms. The number of imide groups is 3. The van der Waals surface area contributed by atoms with E-state index in [0.717, 1.165) is 28.1 Å². The van der Waals surface area contributed by atoms with Crippen molar-refractivity contribution < 1.29 is 18.8 Å². The van der Waals surface area contributed by atoms with Gasteiger partial charge in [0.25, 0.3) is 5.91 Å². The first-order valence-electron chi connectivity index (χ1n) is 7.49. The molecule has 0 radical (unpaired) electrons. The molecule has 0 bridgehead atoms. The van der Waals surface area contributed by atoms with Crippen LogP contribution in [0.5, 0.6) is 0 Å². The maximum absolute atomic E-state index is 12.5. The first kappa shape index (κ1) is 15.4. The van der Waals surface area contributed by atoms with Crippen molar-refractivity contribution in [3.63, 3.8) is 0 Å². The Labute approximate surface area is 146 Å². The summed E-state index contributed by atoms with van der Waals surface area (Å²) in [5, 5.41) is 1.37. The van der Waals surface area contributed by atoms with Gasteiger partial charge >= 0.3 is 11.1 Å². The van der Waals surface area contributed by atoms with Gasteiger partial charge in [-0.3, -0.25) is 14.4 Å². The van der Waals surface area contributed by atoms with Crippen molar-refractivity contribution >= 4 is 45.7 Å². The average molecular weight is 349 g/mol. The zero-order chi connectivity index (χ0) is 17.4. The van der Waals surface area contributed by atoms with E-state index in [4.69, 9.17) is 4.42 Å². The Kier molecular flexibility index (Phi) is 3.74. The number of furan rings is 1. The molecule has 1 aromatic heterocycles. The molecule has 0 saturated carbocycles. The molecule has 2 aromatic carbocycles. The van der Waals surface area contributed by atoms with Gasteiger partial charge in [-0.05, 0) is 46.3 Å². The minimum absolute atomic E-state index is 0.0475. The van der Waals surface area contributed by atoms with E-state index < -0.39 is 17.1 Å². The van der Waals surface area contributed by atoms with Gasteiger partial charge in [0.05, 0.1) is 11.2 Å². The number of carbonyl (C=O) groups excluding carboxylic acids is 3. The molecule has 0 aliphatic carbocycles. The fourth-order valence-electron chi connectivity index (χ4n) is 2.67. The molecule has 3 aromatic rings. The predicted octanol–water partition coefficient (Wildman–Crippen LogP) is 4.31. The van der Waals surface area contributed by atoms with E-state index in [1.807, 2.05) is 42.5 Å². The lowest BCUT2D eigenvalue weighted by Gasteiger charge is -2.07. The first-order valence-corrected chi connectivity index (χ1v) is 8.30. The van der Waals surface area contributed by atoms with E-state index in [1.54, 1.807) is 6.08 Å². The Morgan fingerprint density at radius 1 is 1.00 bits per heavy atom. The molecule has 2 heterocycles. The highest BCUT2D eigenvalue weighted by molar-refractivity contribution is 8.18. The Bertz CT molecular complexity index is 1030. The minimum Gasteiger partial charge on any atom is -0.459 e. The van der Waals surface area contributed by atoms with Crippen LogP contribution in [-0.2, 0) is 4.79 Å². The predicted molar refractivity (Wildman–Crippen MR) is 94.8 cm³/mol. The third-order valence-corrected chi connectivity index (χ3v) is 4.71. The summed E-state index contributed by atoms with van der Waals surface area (Å²) in [4.78, 5) is 37.8. The van der Waals surface area contributed by atoms with Gasteiger partial charge in [0.2, 0.25) is 0 Å². The summed E-state index contributed by atoms with van der Waals surface area (Å²) in [6.07, 6.45) is 2.96. The van der Waals surface area contributed by atoms with Crippen molar-refractivity contribution in [2.75, 3.05) is 0 Å². The van der Waals surface area contributed by atoms with Gasteiger partial charge in [-0.2, -0.15) is 4.90 Å². The molecule has 1 aliphatic heterocycles. The molecule has 4 rings (SSSR count). The molecule has 0 N–H and O–H groups in total. The van der Waals surface area contributed by atoms with Gasteiger partial charge in [0, 0.05) is 0 Å². The van der Waals surface area contributed by atoms with E-state index >= 15 is 0 Å². The summed E-state index contributed by atoms with van der Waals surface area (Å²) in [5.74, 6) is -1.44. The maximum Gasteiger partial charge on any atom is 0.303 e. The lowest BCUT2D eigenvalue weighted by Crippen LogP contribution is -2.34. The number of hydrogen-bond donors (Lipinski definition) is 0. The molecular weight excluding hydrogens is 338 g/mol. The number of carbonyl (C=O) groups is 3. The van der Waals surface area contributed by atoms with Gasteiger partial charge < -0.3 is 4.42 Å². The second-order valence-electron chi connectivity index (χ2n) is 5.37. The number of nitrogens with zero attached hydrogens (tertiary/aromatic N) is 1. The zero-order valence-corrected chi connectivity index (χ0v) is 13.7. The Morgan fingerprint density at radius 3 is 2.60 bits per heavy atom. The number of rotatable bonds is 2. The molecule has 1 fully saturated rings. The van der Waals surface area contributed by atoms with Crippen LogP contribution < -0.4 is 0 Å². The summed E-state index contributed by atoms with van der Waals surface area (Å²) >= 11 is 0.747. The second kappa shape index (κ2) is 6.07. The smallest absolute Gasteiger partial charge is 0.303 e. The number of amides is 3. The second-order valence-corrected chi connectivity index (χ2v) is 6.36. The van der Waals surface area contributed by atoms with Crippen LogP contribution in [0.3, 0.4) is 0 Å². The average Bonchev–Trinajstić information content (AvgIpc) is 3.24. The highest BCUT2D eigenvalue weighted by Gasteiger charge is 2.41. The molecule has 3 amide bonds. The summed E-state index contributed by atoms with van der Waals surface area (Å²) in [5.41, 5.74) is 0.814. The molecule has 1 aliphatic rings. The fourth-order valence-corrected chi connectivity index (χ4v) is 3.48. The fraction of sp³-hybridized carbons (Fsp3) is 0. The van der Waals surface area contributed by atoms with Crippen LogP contribution in [0.15, 0.2) is 70.2 Å². The molecule has 25 heavy (non-hydrogen) atoms. The van der Waals surface area contributed by atoms with Gasteiger partial charge in [0.15, 0.2) is 5.76 Å². The van der Waals surface area contributed by atoms with Crippen molar-refractivity contribution in [1.29, 1.82) is 0 Å². The SMILES string of the molecule is O=C1S/C(=C\c2cccc3ccccc23)C(=O)N1C(=O)c1ccco1. The lowest BCUT2D eigenvalue weighted by atomic mass is 10.0. The third-order valence-electron chi connectivity index (χ3n) is 3.84. The molecular formula is C19H11NO4S. The largest absolute Gasteiger partial charge is 0.459 e. The highest BCUT2D eigenvalue weighted by atomic mass is 32.2. The lowest BCUT2D eigenvalue weighted by molar-refractivity contribution is -0.120. The van der Waals surface area contributed by atoms with Crippen LogP contribution in [0.1, 0.15) is 16.1 Å². The monoisotopic (exact) mass is 349 g/mol. The van der Waals surface area contributed by atoms with Crippen LogP contribution in [0.2, 0.25) is 0 Å². The van der Waals surface area contributed by atoms with E-state index in [-0.39, 0.29) is 10.7 Å². The molecule has 6 heteroatoms. The van der Waals surface area contributed by atoms with Crippen molar-refractivity contribution in [2.45, 2.75) is 0 Å². The quantitative estimate of drug-likeness (QED) is 0.509. The van der Waals surface area contributed by atoms with E-state index in [0.29, 0.717) is 4.90 Å². The normalized spacial score (nSPS) is 16.2. The third kappa shape index (κ3) is 2.66. The Morgan fingerprint density at radius 2 is 1.80 bits per heavy atom. The summed E-state index contributed by atoms with van der Waals surface area (Å²) in [6.45, 7) is 0. The number of benzene rings is 2. The summed E-state index contributed by atoms with van der Waals surface area (Å²) in [7, 11) is 0. The van der Waals surface area contributed by atoms with E-state index in [9.17, 15) is 14.4 Å². The standard InChI is InChI=1S/C19H11NO4S/c21-17(15-9-4-10-24-15)20-18(22)16(25-19(20)23)11-13-7-3-6-12-5-1-2-8-14(12)13/h1-11H/b16-11-. The topological polar surface area (TPSA) is 67.6 Å². The van der Waals surface area contributed by atoms with Crippen LogP contribution in [-0.4, -0.2) is 22.0 Å². The molecule has 122 valence electrons. The van der Waals surface area contributed by atoms with Gasteiger partial charge in [-0.1, -0.05) is 42.5 Å². The Balaban J connectivity index is 1.72. The summed E-state index contributed by atoms with van der Waals surface area (Å²) in [6, 6.07) is 16.4. The number of thioether (sulfide) groups is 1. The van der Waals surface area contributed by atoms with Crippen molar-refractivity contribution in [3.05, 3.63) is 77.1 Å². The minimum atomic E-state index is -0.756. The number of fused-ring (bicyclic) bond motifs is 1. The van der Waals surface area contributed by atoms with Crippen LogP contribution in [0.4, 0.5) is 4.79 Å².